The minimum Gasteiger partial charge on any atom is -0.478 e. The van der Waals surface area contributed by atoms with Crippen molar-refractivity contribution in [3.05, 3.63) is 53.1 Å². The lowest BCUT2D eigenvalue weighted by atomic mass is 9.84. The normalized spacial score (nSPS) is 27.8. The van der Waals surface area contributed by atoms with Crippen molar-refractivity contribution in [2.75, 3.05) is 0 Å². The SMILES string of the molecule is O=C(O)c1cccc2c1C(=O)[C@]1(O)C2=CC=C[C@H]1O. The van der Waals surface area contributed by atoms with Crippen molar-refractivity contribution >= 4 is 17.3 Å². The fourth-order valence-electron chi connectivity index (χ4n) is 2.62. The Kier molecular flexibility index (Phi) is 2.26. The Hall–Kier alpha value is -2.24. The highest BCUT2D eigenvalue weighted by atomic mass is 16.4. The maximum atomic E-state index is 12.3. The molecule has 0 unspecified atom stereocenters. The number of aliphatic hydroxyl groups is 2. The molecule has 0 radical (unpaired) electrons. The summed E-state index contributed by atoms with van der Waals surface area (Å²) < 4.78 is 0. The van der Waals surface area contributed by atoms with E-state index in [1.54, 1.807) is 6.07 Å². The molecule has 96 valence electrons. The average Bonchev–Trinajstić information content (AvgIpc) is 2.62. The van der Waals surface area contributed by atoms with Gasteiger partial charge in [0, 0.05) is 11.1 Å². The number of aliphatic hydroxyl groups excluding tert-OH is 1. The molecule has 3 N–H and O–H groups in total. The number of benzene rings is 1. The Labute approximate surface area is 108 Å². The second-order valence-corrected chi connectivity index (χ2v) is 4.54. The molecule has 3 rings (SSSR count). The number of carboxylic acid groups (broad SMARTS) is 1. The summed E-state index contributed by atoms with van der Waals surface area (Å²) in [5.41, 5.74) is -1.70. The smallest absolute Gasteiger partial charge is 0.336 e. The molecule has 0 amide bonds. The highest BCUT2D eigenvalue weighted by Crippen LogP contribution is 2.45. The van der Waals surface area contributed by atoms with E-state index in [4.69, 9.17) is 5.11 Å². The molecule has 2 atom stereocenters. The Balaban J connectivity index is 2.34. The largest absolute Gasteiger partial charge is 0.478 e. The van der Waals surface area contributed by atoms with E-state index in [0.29, 0.717) is 5.56 Å². The van der Waals surface area contributed by atoms with Crippen LogP contribution in [-0.4, -0.2) is 38.8 Å². The number of hydrogen-bond donors (Lipinski definition) is 3. The first-order valence-corrected chi connectivity index (χ1v) is 5.69. The number of fused-ring (bicyclic) bond motifs is 3. The molecule has 1 aromatic rings. The minimum absolute atomic E-state index is 0.0495. The monoisotopic (exact) mass is 258 g/mol. The number of carboxylic acids is 1. The number of carbonyl (C=O) groups is 2. The average molecular weight is 258 g/mol. The summed E-state index contributed by atoms with van der Waals surface area (Å²) in [6.07, 6.45) is 2.97. The van der Waals surface area contributed by atoms with E-state index >= 15 is 0 Å². The van der Waals surface area contributed by atoms with Gasteiger partial charge in [0.1, 0.15) is 6.10 Å². The molecule has 2 aliphatic rings. The van der Waals surface area contributed by atoms with Gasteiger partial charge in [-0.3, -0.25) is 4.79 Å². The van der Waals surface area contributed by atoms with Crippen LogP contribution in [0.25, 0.3) is 5.57 Å². The van der Waals surface area contributed by atoms with Crippen LogP contribution < -0.4 is 0 Å². The Morgan fingerprint density at radius 3 is 2.74 bits per heavy atom. The second kappa shape index (κ2) is 3.63. The standard InChI is InChI=1S/C14H10O5/c15-10-6-2-5-9-7-3-1-4-8(13(17)18)11(7)12(16)14(9,10)19/h1-6,10,15,19H,(H,17,18)/t10-,14+/m1/s1. The maximum Gasteiger partial charge on any atom is 0.336 e. The predicted octanol–water partition coefficient (Wildman–Crippen LogP) is 0.626. The summed E-state index contributed by atoms with van der Waals surface area (Å²) in [6, 6.07) is 4.38. The second-order valence-electron chi connectivity index (χ2n) is 4.54. The van der Waals surface area contributed by atoms with E-state index in [1.165, 1.54) is 30.4 Å². The molecule has 1 aromatic carbocycles. The van der Waals surface area contributed by atoms with Crippen molar-refractivity contribution in [1.82, 2.24) is 0 Å². The topological polar surface area (TPSA) is 94.8 Å². The lowest BCUT2D eigenvalue weighted by molar-refractivity contribution is 0.00601. The van der Waals surface area contributed by atoms with Gasteiger partial charge in [0.25, 0.3) is 0 Å². The van der Waals surface area contributed by atoms with Gasteiger partial charge in [0.05, 0.1) is 5.56 Å². The third-order valence-corrected chi connectivity index (χ3v) is 3.55. The number of rotatable bonds is 1. The van der Waals surface area contributed by atoms with E-state index in [1.807, 2.05) is 0 Å². The van der Waals surface area contributed by atoms with Crippen LogP contribution in [0.5, 0.6) is 0 Å². The first-order valence-electron chi connectivity index (χ1n) is 5.69. The number of ketones is 1. The van der Waals surface area contributed by atoms with Gasteiger partial charge in [-0.25, -0.2) is 4.79 Å². The molecule has 2 aliphatic carbocycles. The van der Waals surface area contributed by atoms with Crippen LogP contribution >= 0.6 is 0 Å². The van der Waals surface area contributed by atoms with Gasteiger partial charge >= 0.3 is 5.97 Å². The first kappa shape index (κ1) is 11.8. The molecule has 0 spiro atoms. The lowest BCUT2D eigenvalue weighted by Gasteiger charge is -2.28. The van der Waals surface area contributed by atoms with E-state index < -0.39 is 23.5 Å². The molecule has 0 aromatic heterocycles. The molecule has 0 fully saturated rings. The van der Waals surface area contributed by atoms with Crippen molar-refractivity contribution in [2.24, 2.45) is 0 Å². The molecule has 0 saturated heterocycles. The maximum absolute atomic E-state index is 12.3. The van der Waals surface area contributed by atoms with E-state index in [0.717, 1.165) is 0 Å². The number of allylic oxidation sites excluding steroid dienone is 2. The zero-order valence-corrected chi connectivity index (χ0v) is 9.70. The van der Waals surface area contributed by atoms with E-state index in [2.05, 4.69) is 0 Å². The third kappa shape index (κ3) is 1.31. The van der Waals surface area contributed by atoms with Gasteiger partial charge < -0.3 is 15.3 Å². The van der Waals surface area contributed by atoms with Crippen LogP contribution in [0.4, 0.5) is 0 Å². The highest BCUT2D eigenvalue weighted by Gasteiger charge is 2.54. The summed E-state index contributed by atoms with van der Waals surface area (Å²) in [6.45, 7) is 0. The molecule has 0 saturated carbocycles. The summed E-state index contributed by atoms with van der Waals surface area (Å²) in [7, 11) is 0. The number of Topliss-reactive ketones (excluding diaryl/α,β-unsaturated/α-hetero) is 1. The molecule has 5 nitrogen and oxygen atoms in total. The van der Waals surface area contributed by atoms with Crippen LogP contribution in [0.3, 0.4) is 0 Å². The summed E-state index contributed by atoms with van der Waals surface area (Å²) in [5, 5.41) is 29.4. The Morgan fingerprint density at radius 2 is 2.05 bits per heavy atom. The molecule has 0 aliphatic heterocycles. The quantitative estimate of drug-likeness (QED) is 0.686. The summed E-state index contributed by atoms with van der Waals surface area (Å²) in [4.78, 5) is 23.5. The van der Waals surface area contributed by atoms with Gasteiger partial charge in [-0.05, 0) is 11.6 Å². The number of aromatic carboxylic acids is 1. The van der Waals surface area contributed by atoms with Crippen LogP contribution in [-0.2, 0) is 0 Å². The third-order valence-electron chi connectivity index (χ3n) is 3.55. The zero-order chi connectivity index (χ0) is 13.8. The van der Waals surface area contributed by atoms with Crippen molar-refractivity contribution < 1.29 is 24.9 Å². The van der Waals surface area contributed by atoms with Gasteiger partial charge in [0.2, 0.25) is 5.78 Å². The summed E-state index contributed by atoms with van der Waals surface area (Å²) >= 11 is 0. The van der Waals surface area contributed by atoms with E-state index in [9.17, 15) is 19.8 Å². The van der Waals surface area contributed by atoms with Crippen molar-refractivity contribution in [1.29, 1.82) is 0 Å². The van der Waals surface area contributed by atoms with Gasteiger partial charge in [0.15, 0.2) is 5.60 Å². The molecular weight excluding hydrogens is 248 g/mol. The molecule has 5 heteroatoms. The lowest BCUT2D eigenvalue weighted by Crippen LogP contribution is -2.47. The number of hydrogen-bond acceptors (Lipinski definition) is 4. The fourth-order valence-corrected chi connectivity index (χ4v) is 2.62. The first-order chi connectivity index (χ1) is 8.98. The molecule has 19 heavy (non-hydrogen) atoms. The van der Waals surface area contributed by atoms with Gasteiger partial charge in [-0.15, -0.1) is 0 Å². The molecular formula is C14H10O5. The molecule has 0 bridgehead atoms. The van der Waals surface area contributed by atoms with E-state index in [-0.39, 0.29) is 16.7 Å². The van der Waals surface area contributed by atoms with Crippen LogP contribution in [0.2, 0.25) is 0 Å². The fraction of sp³-hybridized carbons (Fsp3) is 0.143. The van der Waals surface area contributed by atoms with Crippen molar-refractivity contribution in [3.63, 3.8) is 0 Å². The highest BCUT2D eigenvalue weighted by molar-refractivity contribution is 6.23. The van der Waals surface area contributed by atoms with Gasteiger partial charge in [-0.1, -0.05) is 30.4 Å². The van der Waals surface area contributed by atoms with Crippen LogP contribution in [0, 0.1) is 0 Å². The van der Waals surface area contributed by atoms with Crippen LogP contribution in [0.15, 0.2) is 36.4 Å². The molecule has 0 heterocycles. The Bertz CT molecular complexity index is 670. The van der Waals surface area contributed by atoms with Gasteiger partial charge in [-0.2, -0.15) is 0 Å². The predicted molar refractivity (Wildman–Crippen MR) is 65.8 cm³/mol. The van der Waals surface area contributed by atoms with Crippen molar-refractivity contribution in [2.45, 2.75) is 11.7 Å². The Morgan fingerprint density at radius 1 is 1.32 bits per heavy atom. The number of carbonyl (C=O) groups excluding carboxylic acids is 1. The van der Waals surface area contributed by atoms with Crippen LogP contribution in [0.1, 0.15) is 26.3 Å². The minimum atomic E-state index is -2.08. The summed E-state index contributed by atoms with van der Waals surface area (Å²) in [5.74, 6) is -2.01. The zero-order valence-electron chi connectivity index (χ0n) is 9.70. The van der Waals surface area contributed by atoms with Crippen molar-refractivity contribution in [3.8, 4) is 0 Å².